The van der Waals surface area contributed by atoms with Gasteiger partial charge in [0.15, 0.2) is 0 Å². The zero-order chi connectivity index (χ0) is 11.1. The second-order valence-corrected chi connectivity index (χ2v) is 4.60. The zero-order valence-corrected chi connectivity index (χ0v) is 9.81. The highest BCUT2D eigenvalue weighted by molar-refractivity contribution is 5.47. The molecule has 0 heterocycles. The fourth-order valence-corrected chi connectivity index (χ4v) is 1.09. The fraction of sp³-hybridized carbons (Fsp3) is 0.385. The van der Waals surface area contributed by atoms with Gasteiger partial charge in [-0.25, -0.2) is 0 Å². The maximum absolute atomic E-state index is 5.42. The van der Waals surface area contributed by atoms with E-state index in [1.165, 1.54) is 5.56 Å². The first kappa shape index (κ1) is 11.8. The van der Waals surface area contributed by atoms with Gasteiger partial charge in [0.1, 0.15) is 13.2 Å². The summed E-state index contributed by atoms with van der Waals surface area (Å²) in [5.74, 6) is 0. The van der Waals surface area contributed by atoms with E-state index in [1.807, 2.05) is 24.3 Å². The van der Waals surface area contributed by atoms with E-state index in [0.29, 0.717) is 0 Å². The fourth-order valence-electron chi connectivity index (χ4n) is 1.09. The van der Waals surface area contributed by atoms with Gasteiger partial charge in [0.25, 0.3) is 0 Å². The SMILES string of the molecule is C[N+](C)(C)CCOC=Cc1ccccc1. The molecule has 82 valence electrons. The molecule has 0 amide bonds. The minimum Gasteiger partial charge on any atom is -0.495 e. The van der Waals surface area contributed by atoms with Gasteiger partial charge in [-0.2, -0.15) is 0 Å². The second kappa shape index (κ2) is 5.56. The molecule has 0 spiro atoms. The molecule has 1 aromatic rings. The Morgan fingerprint density at radius 2 is 1.80 bits per heavy atom. The molecule has 15 heavy (non-hydrogen) atoms. The minimum atomic E-state index is 0.757. The molecule has 0 fully saturated rings. The van der Waals surface area contributed by atoms with Crippen LogP contribution in [0, 0.1) is 0 Å². The van der Waals surface area contributed by atoms with E-state index in [0.717, 1.165) is 17.6 Å². The molecule has 0 bridgehead atoms. The molecule has 0 aromatic heterocycles. The first-order valence-corrected chi connectivity index (χ1v) is 5.21. The number of hydrogen-bond acceptors (Lipinski definition) is 1. The first-order valence-electron chi connectivity index (χ1n) is 5.21. The van der Waals surface area contributed by atoms with Gasteiger partial charge in [-0.15, -0.1) is 0 Å². The van der Waals surface area contributed by atoms with E-state index < -0.39 is 0 Å². The Labute approximate surface area is 92.4 Å². The first-order chi connectivity index (χ1) is 7.08. The number of quaternary nitrogens is 1. The predicted octanol–water partition coefficient (Wildman–Crippen LogP) is 2.38. The molecule has 1 aromatic carbocycles. The van der Waals surface area contributed by atoms with E-state index in [1.54, 1.807) is 6.26 Å². The molecule has 0 N–H and O–H groups in total. The summed E-state index contributed by atoms with van der Waals surface area (Å²) in [5.41, 5.74) is 1.17. The van der Waals surface area contributed by atoms with Crippen molar-refractivity contribution < 1.29 is 9.22 Å². The molecule has 0 saturated heterocycles. The smallest absolute Gasteiger partial charge is 0.136 e. The Morgan fingerprint density at radius 3 is 2.40 bits per heavy atom. The molecule has 0 aliphatic rings. The van der Waals surface area contributed by atoms with Crippen LogP contribution in [0.3, 0.4) is 0 Å². The van der Waals surface area contributed by atoms with Gasteiger partial charge in [-0.3, -0.25) is 0 Å². The Balaban J connectivity index is 2.24. The van der Waals surface area contributed by atoms with Crippen molar-refractivity contribution in [2.45, 2.75) is 0 Å². The van der Waals surface area contributed by atoms with Gasteiger partial charge in [0.05, 0.1) is 27.4 Å². The van der Waals surface area contributed by atoms with Crippen molar-refractivity contribution in [1.82, 2.24) is 0 Å². The van der Waals surface area contributed by atoms with E-state index in [4.69, 9.17) is 4.74 Å². The van der Waals surface area contributed by atoms with Gasteiger partial charge < -0.3 is 9.22 Å². The largest absolute Gasteiger partial charge is 0.495 e. The molecule has 1 rings (SSSR count). The van der Waals surface area contributed by atoms with Crippen LogP contribution in [-0.2, 0) is 4.74 Å². The highest BCUT2D eigenvalue weighted by Crippen LogP contribution is 2.01. The molecule has 0 saturated carbocycles. The topological polar surface area (TPSA) is 9.23 Å². The zero-order valence-electron chi connectivity index (χ0n) is 9.81. The number of hydrogen-bond donors (Lipinski definition) is 0. The maximum atomic E-state index is 5.42. The lowest BCUT2D eigenvalue weighted by Gasteiger charge is -2.23. The van der Waals surface area contributed by atoms with E-state index in [9.17, 15) is 0 Å². The maximum Gasteiger partial charge on any atom is 0.136 e. The number of likely N-dealkylation sites (N-methyl/N-ethyl adjacent to an activating group) is 1. The summed E-state index contributed by atoms with van der Waals surface area (Å²) >= 11 is 0. The standard InChI is InChI=1S/C13H20NO/c1-14(2,3)10-12-15-11-9-13-7-5-4-6-8-13/h4-9,11H,10,12H2,1-3H3/q+1. The lowest BCUT2D eigenvalue weighted by Crippen LogP contribution is -2.37. The van der Waals surface area contributed by atoms with Gasteiger partial charge in [0, 0.05) is 0 Å². The summed E-state index contributed by atoms with van der Waals surface area (Å²) in [4.78, 5) is 0. The minimum absolute atomic E-state index is 0.757. The van der Waals surface area contributed by atoms with Crippen molar-refractivity contribution in [1.29, 1.82) is 0 Å². The molecular formula is C13H20NO+. The van der Waals surface area contributed by atoms with Crippen LogP contribution in [0.15, 0.2) is 36.6 Å². The molecule has 0 atom stereocenters. The van der Waals surface area contributed by atoms with Gasteiger partial charge in [-0.05, 0) is 11.6 Å². The van der Waals surface area contributed by atoms with Crippen LogP contribution in [0.5, 0.6) is 0 Å². The van der Waals surface area contributed by atoms with Crippen molar-refractivity contribution >= 4 is 6.08 Å². The number of benzene rings is 1. The van der Waals surface area contributed by atoms with Crippen molar-refractivity contribution in [2.75, 3.05) is 34.3 Å². The molecule has 0 unspecified atom stereocenters. The van der Waals surface area contributed by atoms with Gasteiger partial charge in [0.2, 0.25) is 0 Å². The van der Waals surface area contributed by atoms with Crippen molar-refractivity contribution in [2.24, 2.45) is 0 Å². The summed E-state index contributed by atoms with van der Waals surface area (Å²) in [7, 11) is 6.47. The third kappa shape index (κ3) is 5.92. The summed E-state index contributed by atoms with van der Waals surface area (Å²) < 4.78 is 6.35. The number of nitrogens with zero attached hydrogens (tertiary/aromatic N) is 1. The molecule has 2 nitrogen and oxygen atoms in total. The van der Waals surface area contributed by atoms with Crippen LogP contribution in [0.25, 0.3) is 6.08 Å². The Morgan fingerprint density at radius 1 is 1.13 bits per heavy atom. The number of ether oxygens (including phenoxy) is 1. The van der Waals surface area contributed by atoms with Crippen molar-refractivity contribution in [3.8, 4) is 0 Å². The summed E-state index contributed by atoms with van der Waals surface area (Å²) in [6, 6.07) is 10.2. The van der Waals surface area contributed by atoms with Gasteiger partial charge in [-0.1, -0.05) is 30.3 Å². The average Bonchev–Trinajstić information content (AvgIpc) is 2.17. The normalized spacial score (nSPS) is 11.9. The molecular weight excluding hydrogens is 186 g/mol. The molecule has 2 heteroatoms. The predicted molar refractivity (Wildman–Crippen MR) is 64.3 cm³/mol. The van der Waals surface area contributed by atoms with E-state index in [2.05, 4.69) is 33.3 Å². The van der Waals surface area contributed by atoms with Crippen LogP contribution < -0.4 is 0 Å². The third-order valence-electron chi connectivity index (χ3n) is 2.04. The summed E-state index contributed by atoms with van der Waals surface area (Å²) in [6.07, 6.45) is 3.75. The Hall–Kier alpha value is -1.28. The highest BCUT2D eigenvalue weighted by Gasteiger charge is 2.04. The lowest BCUT2D eigenvalue weighted by molar-refractivity contribution is -0.870. The van der Waals surface area contributed by atoms with E-state index >= 15 is 0 Å². The molecule has 0 radical (unpaired) electrons. The van der Waals surface area contributed by atoms with Crippen LogP contribution in [0.4, 0.5) is 0 Å². The van der Waals surface area contributed by atoms with Crippen LogP contribution in [0.2, 0.25) is 0 Å². The second-order valence-electron chi connectivity index (χ2n) is 4.60. The van der Waals surface area contributed by atoms with Crippen LogP contribution in [-0.4, -0.2) is 38.8 Å². The van der Waals surface area contributed by atoms with Gasteiger partial charge >= 0.3 is 0 Å². The quantitative estimate of drug-likeness (QED) is 0.408. The third-order valence-corrected chi connectivity index (χ3v) is 2.04. The average molecular weight is 206 g/mol. The lowest BCUT2D eigenvalue weighted by atomic mass is 10.2. The monoisotopic (exact) mass is 206 g/mol. The van der Waals surface area contributed by atoms with Crippen molar-refractivity contribution in [3.05, 3.63) is 42.2 Å². The Bertz CT molecular complexity index is 298. The number of rotatable bonds is 5. The molecule has 0 aliphatic carbocycles. The summed E-state index contributed by atoms with van der Waals surface area (Å²) in [5, 5.41) is 0. The summed E-state index contributed by atoms with van der Waals surface area (Å²) in [6.45, 7) is 1.77. The Kier molecular flexibility index (Phi) is 4.37. The van der Waals surface area contributed by atoms with Crippen molar-refractivity contribution in [3.63, 3.8) is 0 Å². The van der Waals surface area contributed by atoms with Crippen LogP contribution in [0.1, 0.15) is 5.56 Å². The molecule has 0 aliphatic heterocycles. The highest BCUT2D eigenvalue weighted by atomic mass is 16.5. The van der Waals surface area contributed by atoms with E-state index in [-0.39, 0.29) is 0 Å². The van der Waals surface area contributed by atoms with Crippen LogP contribution >= 0.6 is 0 Å².